The summed E-state index contributed by atoms with van der Waals surface area (Å²) in [6.45, 7) is 0.604. The third-order valence-corrected chi connectivity index (χ3v) is 3.11. The fourth-order valence-corrected chi connectivity index (χ4v) is 2.18. The maximum atomic E-state index is 11.1. The van der Waals surface area contributed by atoms with Crippen LogP contribution in [0.2, 0.25) is 0 Å². The average molecular weight is 320 g/mol. The zero-order valence-electron chi connectivity index (χ0n) is 9.81. The lowest BCUT2D eigenvalue weighted by atomic mass is 10.2. The molecule has 0 saturated carbocycles. The Morgan fingerprint density at radius 2 is 2.21 bits per heavy atom. The summed E-state index contributed by atoms with van der Waals surface area (Å²) in [6, 6.07) is 11.2. The predicted octanol–water partition coefficient (Wildman–Crippen LogP) is 2.89. The first-order valence-electron chi connectivity index (χ1n) is 5.69. The fraction of sp³-hybridized carbons (Fsp3) is 0.0769. The number of nitrogens with one attached hydrogen (secondary N) is 2. The van der Waals surface area contributed by atoms with Gasteiger partial charge in [0.1, 0.15) is 4.60 Å². The van der Waals surface area contributed by atoms with Crippen LogP contribution in [0.3, 0.4) is 0 Å². The van der Waals surface area contributed by atoms with Crippen LogP contribution in [0.4, 0.5) is 5.69 Å². The number of hydrogen-bond donors (Lipinski definition) is 2. The first-order valence-corrected chi connectivity index (χ1v) is 6.48. The zero-order chi connectivity index (χ0) is 13.2. The van der Waals surface area contributed by atoms with Crippen molar-refractivity contribution in [1.29, 1.82) is 0 Å². The molecule has 96 valence electrons. The summed E-state index contributed by atoms with van der Waals surface area (Å²) >= 11 is 3.33. The smallest absolute Gasteiger partial charge is 0.408 e. The van der Waals surface area contributed by atoms with Gasteiger partial charge in [-0.3, -0.25) is 4.98 Å². The van der Waals surface area contributed by atoms with E-state index in [4.69, 9.17) is 4.42 Å². The molecule has 0 aliphatic rings. The summed E-state index contributed by atoms with van der Waals surface area (Å²) in [5, 5.41) is 3.24. The van der Waals surface area contributed by atoms with Crippen LogP contribution in [0.1, 0.15) is 5.69 Å². The standard InChI is InChI=1S/C13H10BrN3O2/c14-12-3-1-2-9(16-12)7-15-8-4-5-11-10(6-8)17-13(18)19-11/h1-6,15H,7H2,(H,17,18). The molecule has 2 aromatic heterocycles. The molecule has 0 unspecified atom stereocenters. The lowest BCUT2D eigenvalue weighted by Crippen LogP contribution is -2.01. The molecule has 0 atom stereocenters. The van der Waals surface area contributed by atoms with Crippen molar-refractivity contribution in [1.82, 2.24) is 9.97 Å². The van der Waals surface area contributed by atoms with Crippen LogP contribution in [0.5, 0.6) is 0 Å². The summed E-state index contributed by atoms with van der Waals surface area (Å²) in [5.74, 6) is -0.444. The normalized spacial score (nSPS) is 10.8. The monoisotopic (exact) mass is 319 g/mol. The molecule has 5 nitrogen and oxygen atoms in total. The SMILES string of the molecule is O=c1[nH]c2cc(NCc3cccc(Br)n3)ccc2o1. The molecule has 2 heterocycles. The Bertz CT molecular complexity index is 779. The van der Waals surface area contributed by atoms with Crippen molar-refractivity contribution >= 4 is 32.7 Å². The number of aromatic nitrogens is 2. The van der Waals surface area contributed by atoms with Crippen LogP contribution in [-0.4, -0.2) is 9.97 Å². The van der Waals surface area contributed by atoms with Gasteiger partial charge in [-0.05, 0) is 46.3 Å². The lowest BCUT2D eigenvalue weighted by Gasteiger charge is -2.05. The number of rotatable bonds is 3. The minimum absolute atomic E-state index is 0.444. The molecule has 3 aromatic rings. The predicted molar refractivity (Wildman–Crippen MR) is 76.1 cm³/mol. The van der Waals surface area contributed by atoms with Gasteiger partial charge in [0.25, 0.3) is 0 Å². The van der Waals surface area contributed by atoms with Crippen LogP contribution < -0.4 is 11.1 Å². The number of hydrogen-bond acceptors (Lipinski definition) is 4. The van der Waals surface area contributed by atoms with Crippen molar-refractivity contribution in [3.63, 3.8) is 0 Å². The topological polar surface area (TPSA) is 70.9 Å². The number of anilines is 1. The van der Waals surface area contributed by atoms with E-state index >= 15 is 0 Å². The van der Waals surface area contributed by atoms with Gasteiger partial charge in [-0.25, -0.2) is 9.78 Å². The number of pyridine rings is 1. The maximum Gasteiger partial charge on any atom is 0.417 e. The summed E-state index contributed by atoms with van der Waals surface area (Å²) in [7, 11) is 0. The van der Waals surface area contributed by atoms with Crippen LogP contribution in [-0.2, 0) is 6.54 Å². The molecule has 1 aromatic carbocycles. The molecular formula is C13H10BrN3O2. The minimum atomic E-state index is -0.444. The molecule has 0 spiro atoms. The number of halogens is 1. The van der Waals surface area contributed by atoms with Crippen molar-refractivity contribution in [3.8, 4) is 0 Å². The van der Waals surface area contributed by atoms with Crippen LogP contribution in [0.25, 0.3) is 11.1 Å². The van der Waals surface area contributed by atoms with Gasteiger partial charge < -0.3 is 9.73 Å². The van der Waals surface area contributed by atoms with Gasteiger partial charge in [0.2, 0.25) is 0 Å². The summed E-state index contributed by atoms with van der Waals surface area (Å²) in [5.41, 5.74) is 3.05. The number of oxazole rings is 1. The van der Waals surface area contributed by atoms with E-state index in [2.05, 4.69) is 31.2 Å². The van der Waals surface area contributed by atoms with Crippen LogP contribution in [0, 0.1) is 0 Å². The summed E-state index contributed by atoms with van der Waals surface area (Å²) in [6.07, 6.45) is 0. The third kappa shape index (κ3) is 2.68. The largest absolute Gasteiger partial charge is 0.417 e. The molecule has 0 aliphatic heterocycles. The first-order chi connectivity index (χ1) is 9.20. The average Bonchev–Trinajstić information content (AvgIpc) is 2.75. The highest BCUT2D eigenvalue weighted by molar-refractivity contribution is 9.10. The number of H-pyrrole nitrogens is 1. The molecule has 3 rings (SSSR count). The molecule has 2 N–H and O–H groups in total. The van der Waals surface area contributed by atoms with E-state index in [0.717, 1.165) is 16.0 Å². The van der Waals surface area contributed by atoms with E-state index in [-0.39, 0.29) is 0 Å². The molecular weight excluding hydrogens is 310 g/mol. The van der Waals surface area contributed by atoms with E-state index in [1.165, 1.54) is 0 Å². The highest BCUT2D eigenvalue weighted by atomic mass is 79.9. The Kier molecular flexibility index (Phi) is 3.08. The molecule has 0 saturated heterocycles. The van der Waals surface area contributed by atoms with E-state index in [1.807, 2.05) is 30.3 Å². The highest BCUT2D eigenvalue weighted by Crippen LogP contribution is 2.17. The summed E-state index contributed by atoms with van der Waals surface area (Å²) in [4.78, 5) is 18.0. The highest BCUT2D eigenvalue weighted by Gasteiger charge is 2.02. The number of benzene rings is 1. The Balaban J connectivity index is 1.79. The van der Waals surface area contributed by atoms with Crippen molar-refractivity contribution < 1.29 is 4.42 Å². The third-order valence-electron chi connectivity index (χ3n) is 2.67. The summed E-state index contributed by atoms with van der Waals surface area (Å²) < 4.78 is 5.75. The van der Waals surface area contributed by atoms with Gasteiger partial charge in [-0.15, -0.1) is 0 Å². The van der Waals surface area contributed by atoms with Crippen molar-refractivity contribution in [2.24, 2.45) is 0 Å². The van der Waals surface area contributed by atoms with Gasteiger partial charge in [0, 0.05) is 5.69 Å². The van der Waals surface area contributed by atoms with E-state index in [9.17, 15) is 4.79 Å². The molecule has 19 heavy (non-hydrogen) atoms. The second-order valence-electron chi connectivity index (χ2n) is 4.03. The lowest BCUT2D eigenvalue weighted by molar-refractivity contribution is 0.555. The molecule has 0 amide bonds. The maximum absolute atomic E-state index is 11.1. The van der Waals surface area contributed by atoms with Crippen molar-refractivity contribution in [3.05, 3.63) is 57.2 Å². The van der Waals surface area contributed by atoms with E-state index in [0.29, 0.717) is 17.6 Å². The van der Waals surface area contributed by atoms with Gasteiger partial charge >= 0.3 is 5.76 Å². The van der Waals surface area contributed by atoms with Gasteiger partial charge in [-0.1, -0.05) is 6.07 Å². The number of nitrogens with zero attached hydrogens (tertiary/aromatic N) is 1. The molecule has 0 fully saturated rings. The van der Waals surface area contributed by atoms with E-state index < -0.39 is 5.76 Å². The second-order valence-corrected chi connectivity index (χ2v) is 4.84. The van der Waals surface area contributed by atoms with Crippen molar-refractivity contribution in [2.45, 2.75) is 6.54 Å². The van der Waals surface area contributed by atoms with Crippen LogP contribution in [0.15, 0.2) is 50.2 Å². The molecule has 6 heteroatoms. The second kappa shape index (κ2) is 4.89. The first kappa shape index (κ1) is 12.0. The molecule has 0 radical (unpaired) electrons. The van der Waals surface area contributed by atoms with Gasteiger partial charge in [-0.2, -0.15) is 0 Å². The fourth-order valence-electron chi connectivity index (χ4n) is 1.80. The minimum Gasteiger partial charge on any atom is -0.408 e. The molecule has 0 aliphatic carbocycles. The zero-order valence-corrected chi connectivity index (χ0v) is 11.4. The van der Waals surface area contributed by atoms with Gasteiger partial charge in [0.05, 0.1) is 17.8 Å². The molecule has 0 bridgehead atoms. The number of fused-ring (bicyclic) bond motifs is 1. The van der Waals surface area contributed by atoms with E-state index in [1.54, 1.807) is 6.07 Å². The number of aromatic amines is 1. The van der Waals surface area contributed by atoms with Crippen molar-refractivity contribution in [2.75, 3.05) is 5.32 Å². The Morgan fingerprint density at radius 3 is 3.05 bits per heavy atom. The quantitative estimate of drug-likeness (QED) is 0.728. The Morgan fingerprint density at radius 1 is 1.32 bits per heavy atom. The van der Waals surface area contributed by atoms with Crippen LogP contribution >= 0.6 is 15.9 Å². The Labute approximate surface area is 116 Å². The van der Waals surface area contributed by atoms with Gasteiger partial charge in [0.15, 0.2) is 5.58 Å². The Hall–Kier alpha value is -2.08.